The maximum atomic E-state index is 13.1. The topological polar surface area (TPSA) is 91.4 Å². The Balaban J connectivity index is 1.43. The largest absolute Gasteiger partial charge is 0.350 e. The molecule has 33 heavy (non-hydrogen) atoms. The van der Waals surface area contributed by atoms with E-state index in [1.807, 2.05) is 72.8 Å². The number of anilines is 1. The lowest BCUT2D eigenvalue weighted by atomic mass is 10.0. The smallest absolute Gasteiger partial charge is 0.243 e. The summed E-state index contributed by atoms with van der Waals surface area (Å²) in [5.74, 6) is -1.16. The van der Waals surface area contributed by atoms with Crippen molar-refractivity contribution in [3.05, 3.63) is 96.3 Å². The molecule has 2 aromatic carbocycles. The summed E-state index contributed by atoms with van der Waals surface area (Å²) in [5.41, 5.74) is 2.63. The van der Waals surface area contributed by atoms with Crippen molar-refractivity contribution >= 4 is 23.4 Å². The Morgan fingerprint density at radius 2 is 1.61 bits per heavy atom. The summed E-state index contributed by atoms with van der Waals surface area (Å²) >= 11 is 0. The molecular weight excluding hydrogens is 416 g/mol. The Kier molecular flexibility index (Phi) is 7.09. The van der Waals surface area contributed by atoms with Gasteiger partial charge in [-0.3, -0.25) is 19.4 Å². The second-order valence-electron chi connectivity index (χ2n) is 8.07. The van der Waals surface area contributed by atoms with Crippen LogP contribution in [0.4, 0.5) is 5.69 Å². The molecule has 0 aliphatic carbocycles. The van der Waals surface area contributed by atoms with Gasteiger partial charge in [-0.25, -0.2) is 0 Å². The highest BCUT2D eigenvalue weighted by molar-refractivity contribution is 6.01. The van der Waals surface area contributed by atoms with Crippen LogP contribution in [0.5, 0.6) is 0 Å². The van der Waals surface area contributed by atoms with Crippen LogP contribution in [0, 0.1) is 5.92 Å². The maximum absolute atomic E-state index is 13.1. The summed E-state index contributed by atoms with van der Waals surface area (Å²) < 4.78 is 0. The molecule has 0 bridgehead atoms. The molecule has 0 spiro atoms. The standard InChI is InChI=1S/C26H26N4O3/c31-24-16-21(18-30(24)22-9-5-2-6-10-22)25(32)29-23(15-19-7-3-1-4-8-19)26(33)28-17-20-11-13-27-14-12-20/h1-14,21,23H,15-18H2,(H,28,33)(H,29,32). The molecule has 2 atom stereocenters. The van der Waals surface area contributed by atoms with E-state index >= 15 is 0 Å². The molecule has 0 saturated carbocycles. The minimum atomic E-state index is -0.748. The van der Waals surface area contributed by atoms with Crippen LogP contribution in [0.25, 0.3) is 0 Å². The van der Waals surface area contributed by atoms with Crippen LogP contribution in [-0.4, -0.2) is 35.3 Å². The molecule has 168 valence electrons. The van der Waals surface area contributed by atoms with E-state index in [0.717, 1.165) is 16.8 Å². The summed E-state index contributed by atoms with van der Waals surface area (Å²) in [5, 5.41) is 5.79. The van der Waals surface area contributed by atoms with Gasteiger partial charge in [0.2, 0.25) is 17.7 Å². The molecule has 1 saturated heterocycles. The highest BCUT2D eigenvalue weighted by atomic mass is 16.2. The molecule has 1 fully saturated rings. The van der Waals surface area contributed by atoms with E-state index in [1.165, 1.54) is 0 Å². The van der Waals surface area contributed by atoms with Gasteiger partial charge in [0.25, 0.3) is 0 Å². The van der Waals surface area contributed by atoms with Crippen LogP contribution in [0.15, 0.2) is 85.2 Å². The number of benzene rings is 2. The third-order valence-electron chi connectivity index (χ3n) is 5.70. The van der Waals surface area contributed by atoms with E-state index < -0.39 is 12.0 Å². The van der Waals surface area contributed by atoms with Crippen molar-refractivity contribution in [3.8, 4) is 0 Å². The van der Waals surface area contributed by atoms with Gasteiger partial charge in [-0.05, 0) is 35.4 Å². The van der Waals surface area contributed by atoms with Gasteiger partial charge >= 0.3 is 0 Å². The highest BCUT2D eigenvalue weighted by Gasteiger charge is 2.36. The minimum absolute atomic E-state index is 0.0944. The van der Waals surface area contributed by atoms with E-state index in [9.17, 15) is 14.4 Å². The summed E-state index contributed by atoms with van der Waals surface area (Å²) in [6, 6.07) is 21.8. The quantitative estimate of drug-likeness (QED) is 0.561. The Hall–Kier alpha value is -4.00. The zero-order chi connectivity index (χ0) is 23.0. The van der Waals surface area contributed by atoms with E-state index in [0.29, 0.717) is 19.5 Å². The molecule has 7 heteroatoms. The van der Waals surface area contributed by atoms with Crippen molar-refractivity contribution < 1.29 is 14.4 Å². The van der Waals surface area contributed by atoms with Crippen molar-refractivity contribution in [2.24, 2.45) is 5.92 Å². The number of amides is 3. The normalized spacial score (nSPS) is 16.3. The Morgan fingerprint density at radius 3 is 2.30 bits per heavy atom. The zero-order valence-electron chi connectivity index (χ0n) is 18.2. The molecule has 0 radical (unpaired) electrons. The lowest BCUT2D eigenvalue weighted by Crippen LogP contribution is -2.49. The molecule has 1 aliphatic heterocycles. The van der Waals surface area contributed by atoms with Crippen LogP contribution in [0.3, 0.4) is 0 Å². The number of carbonyl (C=O) groups is 3. The van der Waals surface area contributed by atoms with Crippen molar-refractivity contribution in [1.82, 2.24) is 15.6 Å². The van der Waals surface area contributed by atoms with E-state index in [4.69, 9.17) is 0 Å². The SMILES string of the molecule is O=C(NC(Cc1ccccc1)C(=O)NCc1ccncc1)C1CC(=O)N(c2ccccc2)C1. The third-order valence-corrected chi connectivity index (χ3v) is 5.70. The van der Waals surface area contributed by atoms with E-state index in [-0.39, 0.29) is 24.1 Å². The molecule has 1 aromatic heterocycles. The fourth-order valence-electron chi connectivity index (χ4n) is 3.90. The van der Waals surface area contributed by atoms with Gasteiger partial charge in [0, 0.05) is 44.0 Å². The van der Waals surface area contributed by atoms with E-state index in [2.05, 4.69) is 15.6 Å². The first-order valence-corrected chi connectivity index (χ1v) is 11.0. The fraction of sp³-hybridized carbons (Fsp3) is 0.231. The zero-order valence-corrected chi connectivity index (χ0v) is 18.2. The van der Waals surface area contributed by atoms with Crippen LogP contribution in [-0.2, 0) is 27.3 Å². The van der Waals surface area contributed by atoms with Gasteiger partial charge in [0.15, 0.2) is 0 Å². The second kappa shape index (κ2) is 10.5. The first-order chi connectivity index (χ1) is 16.1. The summed E-state index contributed by atoms with van der Waals surface area (Å²) in [4.78, 5) is 44.2. The predicted molar refractivity (Wildman–Crippen MR) is 125 cm³/mol. The Labute approximate surface area is 192 Å². The second-order valence-corrected chi connectivity index (χ2v) is 8.07. The van der Waals surface area contributed by atoms with Crippen LogP contribution in [0.1, 0.15) is 17.5 Å². The Morgan fingerprint density at radius 1 is 0.939 bits per heavy atom. The lowest BCUT2D eigenvalue weighted by Gasteiger charge is -2.21. The lowest BCUT2D eigenvalue weighted by molar-refractivity contribution is -0.131. The molecule has 2 heterocycles. The maximum Gasteiger partial charge on any atom is 0.243 e. The number of aromatic nitrogens is 1. The first kappa shape index (κ1) is 22.2. The average Bonchev–Trinajstić information content (AvgIpc) is 3.25. The number of carbonyl (C=O) groups excluding carboxylic acids is 3. The molecule has 2 unspecified atom stereocenters. The summed E-state index contributed by atoms with van der Waals surface area (Å²) in [6.45, 7) is 0.636. The fourth-order valence-corrected chi connectivity index (χ4v) is 3.90. The molecular formula is C26H26N4O3. The number of rotatable bonds is 8. The number of nitrogens with zero attached hydrogens (tertiary/aromatic N) is 2. The van der Waals surface area contributed by atoms with Gasteiger partial charge in [-0.15, -0.1) is 0 Å². The van der Waals surface area contributed by atoms with Crippen LogP contribution >= 0.6 is 0 Å². The van der Waals surface area contributed by atoms with Crippen molar-refractivity contribution in [3.63, 3.8) is 0 Å². The number of pyridine rings is 1. The molecule has 7 nitrogen and oxygen atoms in total. The van der Waals surface area contributed by atoms with E-state index in [1.54, 1.807) is 17.3 Å². The van der Waals surface area contributed by atoms with Gasteiger partial charge < -0.3 is 15.5 Å². The highest BCUT2D eigenvalue weighted by Crippen LogP contribution is 2.25. The first-order valence-electron chi connectivity index (χ1n) is 11.0. The summed E-state index contributed by atoms with van der Waals surface area (Å²) in [6.07, 6.45) is 3.82. The Bertz CT molecular complexity index is 1090. The van der Waals surface area contributed by atoms with Crippen molar-refractivity contribution in [2.75, 3.05) is 11.4 Å². The van der Waals surface area contributed by atoms with Gasteiger partial charge in [-0.2, -0.15) is 0 Å². The van der Waals surface area contributed by atoms with Gasteiger partial charge in [0.1, 0.15) is 6.04 Å². The molecule has 1 aliphatic rings. The summed E-state index contributed by atoms with van der Waals surface area (Å²) in [7, 11) is 0. The van der Waals surface area contributed by atoms with Crippen LogP contribution < -0.4 is 15.5 Å². The number of para-hydroxylation sites is 1. The molecule has 2 N–H and O–H groups in total. The van der Waals surface area contributed by atoms with Crippen molar-refractivity contribution in [1.29, 1.82) is 0 Å². The number of hydrogen-bond acceptors (Lipinski definition) is 4. The van der Waals surface area contributed by atoms with Crippen molar-refractivity contribution in [2.45, 2.75) is 25.4 Å². The van der Waals surface area contributed by atoms with Gasteiger partial charge in [0.05, 0.1) is 5.92 Å². The molecule has 3 aromatic rings. The van der Waals surface area contributed by atoms with Gasteiger partial charge in [-0.1, -0.05) is 48.5 Å². The van der Waals surface area contributed by atoms with Crippen LogP contribution in [0.2, 0.25) is 0 Å². The molecule has 4 rings (SSSR count). The predicted octanol–water partition coefficient (Wildman–Crippen LogP) is 2.48. The third kappa shape index (κ3) is 5.83. The molecule has 3 amide bonds. The minimum Gasteiger partial charge on any atom is -0.350 e. The average molecular weight is 443 g/mol. The number of nitrogens with one attached hydrogen (secondary N) is 2. The monoisotopic (exact) mass is 442 g/mol. The number of hydrogen-bond donors (Lipinski definition) is 2.